The highest BCUT2D eigenvalue weighted by atomic mass is 19.4. The number of nitrogens with one attached hydrogen (secondary N) is 3. The third-order valence-electron chi connectivity index (χ3n) is 5.87. The number of carbonyl (C=O) groups excluding carboxylic acids is 2. The van der Waals surface area contributed by atoms with Gasteiger partial charge in [0.05, 0.1) is 0 Å². The van der Waals surface area contributed by atoms with Gasteiger partial charge in [-0.2, -0.15) is 13.2 Å². The van der Waals surface area contributed by atoms with E-state index in [1.807, 2.05) is 54.6 Å². The van der Waals surface area contributed by atoms with Gasteiger partial charge in [0.1, 0.15) is 17.6 Å². The maximum Gasteiger partial charge on any atom is 0.490 e. The summed E-state index contributed by atoms with van der Waals surface area (Å²) >= 11 is 0. The molecule has 0 radical (unpaired) electrons. The number of ether oxygens (including phenoxy) is 1. The van der Waals surface area contributed by atoms with Crippen molar-refractivity contribution in [1.29, 1.82) is 0 Å². The number of anilines is 3. The molecule has 1 atom stereocenters. The van der Waals surface area contributed by atoms with Gasteiger partial charge in [0, 0.05) is 29.5 Å². The number of hydrogen-bond donors (Lipinski definition) is 5. The molecule has 6 N–H and O–H groups in total. The molecule has 1 aromatic heterocycles. The second-order valence-corrected chi connectivity index (χ2v) is 8.84. The van der Waals surface area contributed by atoms with Crippen LogP contribution in [0.4, 0.5) is 30.4 Å². The number of carboxylic acid groups (broad SMARTS) is 1. The molecule has 0 saturated carbocycles. The third kappa shape index (κ3) is 7.62. The molecule has 3 aromatic carbocycles. The van der Waals surface area contributed by atoms with Gasteiger partial charge in [0.2, 0.25) is 5.91 Å². The molecule has 10 nitrogen and oxygen atoms in total. The zero-order chi connectivity index (χ0) is 29.6. The molecule has 6 rings (SSSR count). The fourth-order valence-corrected chi connectivity index (χ4v) is 3.91. The van der Waals surface area contributed by atoms with Gasteiger partial charge in [-0.3, -0.25) is 9.59 Å². The van der Waals surface area contributed by atoms with Gasteiger partial charge in [0.25, 0.3) is 5.91 Å². The van der Waals surface area contributed by atoms with Gasteiger partial charge >= 0.3 is 12.1 Å². The van der Waals surface area contributed by atoms with E-state index >= 15 is 0 Å². The highest BCUT2D eigenvalue weighted by Gasteiger charge is 2.38. The quantitative estimate of drug-likeness (QED) is 0.241. The normalized spacial score (nSPS) is 15.2. The molecule has 212 valence electrons. The fourth-order valence-electron chi connectivity index (χ4n) is 3.91. The number of fused-ring (bicyclic) bond motifs is 9. The first-order chi connectivity index (χ1) is 19.5. The summed E-state index contributed by atoms with van der Waals surface area (Å²) in [5.41, 5.74) is 9.01. The minimum absolute atomic E-state index is 0.114. The van der Waals surface area contributed by atoms with Crippen LogP contribution in [0.15, 0.2) is 79.0 Å². The smallest absolute Gasteiger partial charge is 0.484 e. The summed E-state index contributed by atoms with van der Waals surface area (Å²) < 4.78 is 37.3. The molecule has 3 heterocycles. The number of nitrogens with zero attached hydrogens (tertiary/aromatic N) is 1. The highest BCUT2D eigenvalue weighted by molar-refractivity contribution is 5.94. The lowest BCUT2D eigenvalue weighted by Gasteiger charge is -2.21. The number of pyridine rings is 1. The van der Waals surface area contributed by atoms with E-state index in [9.17, 15) is 22.8 Å². The Morgan fingerprint density at radius 3 is 2.49 bits per heavy atom. The first-order valence-corrected chi connectivity index (χ1v) is 12.1. The number of carboxylic acids is 1. The van der Waals surface area contributed by atoms with Crippen LogP contribution in [0.2, 0.25) is 0 Å². The van der Waals surface area contributed by atoms with Crippen molar-refractivity contribution in [3.8, 4) is 5.75 Å². The zero-order valence-electron chi connectivity index (χ0n) is 21.2. The highest BCUT2D eigenvalue weighted by Crippen LogP contribution is 2.27. The molecule has 2 amide bonds. The molecule has 0 aliphatic carbocycles. The number of rotatable bonds is 2. The molecule has 4 bridgehead atoms. The number of aromatic nitrogens is 1. The Balaban J connectivity index is 0.000000493. The molecule has 2 aliphatic heterocycles. The van der Waals surface area contributed by atoms with Crippen LogP contribution in [0.5, 0.6) is 5.75 Å². The summed E-state index contributed by atoms with van der Waals surface area (Å²) in [6.07, 6.45) is -3.43. The van der Waals surface area contributed by atoms with Crippen LogP contribution >= 0.6 is 0 Å². The van der Waals surface area contributed by atoms with Crippen molar-refractivity contribution in [2.24, 2.45) is 0 Å². The summed E-state index contributed by atoms with van der Waals surface area (Å²) in [4.78, 5) is 38.6. The van der Waals surface area contributed by atoms with E-state index in [4.69, 9.17) is 20.4 Å². The Labute approximate surface area is 231 Å². The van der Waals surface area contributed by atoms with E-state index in [-0.39, 0.29) is 18.4 Å². The Hall–Kier alpha value is -5.33. The maximum absolute atomic E-state index is 13.3. The average molecular weight is 568 g/mol. The Morgan fingerprint density at radius 1 is 1.05 bits per heavy atom. The van der Waals surface area contributed by atoms with Crippen molar-refractivity contribution < 1.29 is 37.4 Å². The second-order valence-electron chi connectivity index (χ2n) is 8.84. The lowest BCUT2D eigenvalue weighted by atomic mass is 10.0. The fraction of sp³-hybridized carbons (Fsp3) is 0.143. The van der Waals surface area contributed by atoms with Crippen molar-refractivity contribution in [2.45, 2.75) is 18.8 Å². The number of alkyl halides is 3. The van der Waals surface area contributed by atoms with Gasteiger partial charge in [-0.1, -0.05) is 24.3 Å². The van der Waals surface area contributed by atoms with E-state index in [0.29, 0.717) is 23.8 Å². The van der Waals surface area contributed by atoms with Crippen LogP contribution in [-0.2, 0) is 20.9 Å². The van der Waals surface area contributed by atoms with Crippen molar-refractivity contribution in [1.82, 2.24) is 10.3 Å². The number of nitrogen functional groups attached to an aromatic ring is 1. The Kier molecular flexibility index (Phi) is 8.56. The van der Waals surface area contributed by atoms with Crippen LogP contribution in [0, 0.1) is 0 Å². The van der Waals surface area contributed by atoms with E-state index in [2.05, 4.69) is 20.9 Å². The largest absolute Gasteiger partial charge is 0.490 e. The number of aliphatic carboxylic acids is 1. The second kappa shape index (κ2) is 12.2. The first kappa shape index (κ1) is 28.7. The SMILES string of the molecule is Nc1nccc2cc(NC3C(=O)NCc4cccc(c4)NC(=O)COc4ccc3cc4)ccc12.O=C(O)C(F)(F)F. The number of amides is 2. The topological polar surface area (TPSA) is 156 Å². The molecule has 4 aromatic rings. The molecule has 2 aliphatic rings. The maximum atomic E-state index is 13.3. The molecule has 0 saturated heterocycles. The van der Waals surface area contributed by atoms with Crippen molar-refractivity contribution >= 4 is 45.7 Å². The van der Waals surface area contributed by atoms with Gasteiger partial charge in [-0.05, 0) is 65.0 Å². The lowest BCUT2D eigenvalue weighted by molar-refractivity contribution is -0.192. The van der Waals surface area contributed by atoms with Crippen LogP contribution in [-0.4, -0.2) is 40.7 Å². The Morgan fingerprint density at radius 2 is 1.78 bits per heavy atom. The summed E-state index contributed by atoms with van der Waals surface area (Å²) in [5.74, 6) is -2.21. The summed E-state index contributed by atoms with van der Waals surface area (Å²) in [6.45, 7) is 0.201. The number of nitrogens with two attached hydrogens (primary N) is 1. The number of benzene rings is 3. The van der Waals surface area contributed by atoms with E-state index < -0.39 is 18.2 Å². The predicted molar refractivity (Wildman–Crippen MR) is 145 cm³/mol. The number of hydrogen-bond acceptors (Lipinski definition) is 7. The minimum atomic E-state index is -5.08. The third-order valence-corrected chi connectivity index (χ3v) is 5.87. The van der Waals surface area contributed by atoms with Crippen molar-refractivity contribution in [3.05, 3.63) is 90.1 Å². The standard InChI is InChI=1S/C26H23N5O3.C2HF3O2/c27-25-22-9-6-20(13-18(22)10-11-28-25)31-24-17-4-7-21(8-5-17)34-15-23(32)30-19-3-1-2-16(12-19)14-29-26(24)33;3-2(4,5)1(6)7/h1-13,24,31H,14-15H2,(H2,27,28)(H,29,33)(H,30,32);(H,6,7). The van der Waals surface area contributed by atoms with Crippen LogP contribution < -0.4 is 26.4 Å². The molecule has 13 heteroatoms. The predicted octanol–water partition coefficient (Wildman–Crippen LogP) is 4.25. The lowest BCUT2D eigenvalue weighted by Crippen LogP contribution is -2.33. The average Bonchev–Trinajstić information content (AvgIpc) is 2.94. The van der Waals surface area contributed by atoms with Crippen LogP contribution in [0.25, 0.3) is 10.8 Å². The van der Waals surface area contributed by atoms with Gasteiger partial charge in [-0.15, -0.1) is 0 Å². The summed E-state index contributed by atoms with van der Waals surface area (Å²) in [5, 5.41) is 18.1. The van der Waals surface area contributed by atoms with Crippen molar-refractivity contribution in [3.63, 3.8) is 0 Å². The Bertz CT molecular complexity index is 1580. The first-order valence-electron chi connectivity index (χ1n) is 12.1. The van der Waals surface area contributed by atoms with Crippen molar-refractivity contribution in [2.75, 3.05) is 23.0 Å². The van der Waals surface area contributed by atoms with E-state index in [0.717, 1.165) is 27.6 Å². The van der Waals surface area contributed by atoms with Crippen LogP contribution in [0.1, 0.15) is 17.2 Å². The molecule has 0 fully saturated rings. The monoisotopic (exact) mass is 567 g/mol. The number of halogens is 3. The summed E-state index contributed by atoms with van der Waals surface area (Å²) in [7, 11) is 0. The summed E-state index contributed by atoms with van der Waals surface area (Å²) in [6, 6.07) is 21.4. The molecular weight excluding hydrogens is 543 g/mol. The zero-order valence-corrected chi connectivity index (χ0v) is 21.2. The van der Waals surface area contributed by atoms with Crippen LogP contribution in [0.3, 0.4) is 0 Å². The number of carbonyl (C=O) groups is 3. The minimum Gasteiger partial charge on any atom is -0.484 e. The molecule has 1 unspecified atom stereocenters. The van der Waals surface area contributed by atoms with Gasteiger partial charge < -0.3 is 31.5 Å². The van der Waals surface area contributed by atoms with E-state index in [1.54, 1.807) is 24.4 Å². The molecule has 0 spiro atoms. The van der Waals surface area contributed by atoms with Gasteiger partial charge in [-0.25, -0.2) is 9.78 Å². The van der Waals surface area contributed by atoms with E-state index in [1.165, 1.54) is 0 Å². The molecular formula is C28H24F3N5O5. The van der Waals surface area contributed by atoms with Gasteiger partial charge in [0.15, 0.2) is 6.61 Å². The molecule has 41 heavy (non-hydrogen) atoms.